The first-order chi connectivity index (χ1) is 10.5. The second-order valence-corrected chi connectivity index (χ2v) is 6.14. The minimum atomic E-state index is -0.959. The molecule has 0 bridgehead atoms. The molecule has 2 aliphatic rings. The molecule has 0 radical (unpaired) electrons. The molecule has 3 rings (SSSR count). The summed E-state index contributed by atoms with van der Waals surface area (Å²) in [5.74, 6) is -0.319. The summed E-state index contributed by atoms with van der Waals surface area (Å²) in [5, 5.41) is 4.06. The standard InChI is InChI=1S/C16H20FN3O2/c1-16(15(21)20-9-7-19(2)8-10-20)11-14(18-22-16)12-3-5-13(17)6-4-12/h3-6H,7-11H2,1-2H3. The van der Waals surface area contributed by atoms with Crippen molar-refractivity contribution in [3.63, 3.8) is 0 Å². The Bertz CT molecular complexity index is 594. The van der Waals surface area contributed by atoms with Gasteiger partial charge in [0.1, 0.15) is 5.82 Å². The molecule has 0 saturated carbocycles. The number of benzene rings is 1. The van der Waals surface area contributed by atoms with Crippen LogP contribution < -0.4 is 0 Å². The first-order valence-electron chi connectivity index (χ1n) is 7.47. The number of likely N-dealkylation sites (N-methyl/N-ethyl adjacent to an activating group) is 1. The van der Waals surface area contributed by atoms with Gasteiger partial charge in [0, 0.05) is 32.6 Å². The number of piperazine rings is 1. The van der Waals surface area contributed by atoms with Crippen molar-refractivity contribution in [1.29, 1.82) is 0 Å². The van der Waals surface area contributed by atoms with Gasteiger partial charge in [-0.05, 0) is 31.7 Å². The molecule has 22 heavy (non-hydrogen) atoms. The molecule has 0 aliphatic carbocycles. The summed E-state index contributed by atoms with van der Waals surface area (Å²) in [6.07, 6.45) is 0.407. The smallest absolute Gasteiger partial charge is 0.269 e. The molecule has 118 valence electrons. The fourth-order valence-corrected chi connectivity index (χ4v) is 2.80. The molecule has 1 fully saturated rings. The molecule has 1 saturated heterocycles. The zero-order valence-electron chi connectivity index (χ0n) is 12.9. The number of rotatable bonds is 2. The van der Waals surface area contributed by atoms with Gasteiger partial charge in [0.15, 0.2) is 0 Å². The fraction of sp³-hybridized carbons (Fsp3) is 0.500. The van der Waals surface area contributed by atoms with Gasteiger partial charge in [-0.3, -0.25) is 4.79 Å². The Kier molecular flexibility index (Phi) is 3.87. The second kappa shape index (κ2) is 5.68. The monoisotopic (exact) mass is 305 g/mol. The summed E-state index contributed by atoms with van der Waals surface area (Å²) in [4.78, 5) is 22.2. The molecular formula is C16H20FN3O2. The SMILES string of the molecule is CN1CCN(C(=O)C2(C)CC(c3ccc(F)cc3)=NO2)CC1. The maximum absolute atomic E-state index is 13.0. The Balaban J connectivity index is 1.68. The molecule has 2 heterocycles. The largest absolute Gasteiger partial charge is 0.379 e. The van der Waals surface area contributed by atoms with Crippen molar-refractivity contribution in [3.05, 3.63) is 35.6 Å². The maximum atomic E-state index is 13.0. The summed E-state index contributed by atoms with van der Waals surface area (Å²) in [7, 11) is 2.05. The minimum Gasteiger partial charge on any atom is -0.379 e. The first-order valence-corrected chi connectivity index (χ1v) is 7.47. The number of carbonyl (C=O) groups excluding carboxylic acids is 1. The molecule has 6 heteroatoms. The van der Waals surface area contributed by atoms with E-state index in [9.17, 15) is 9.18 Å². The van der Waals surface area contributed by atoms with E-state index in [-0.39, 0.29) is 11.7 Å². The molecule has 1 unspecified atom stereocenters. The van der Waals surface area contributed by atoms with Crippen LogP contribution in [0.1, 0.15) is 18.9 Å². The van der Waals surface area contributed by atoms with Crippen LogP contribution in [0.15, 0.2) is 29.4 Å². The molecule has 1 atom stereocenters. The Morgan fingerprint density at radius 1 is 1.23 bits per heavy atom. The third kappa shape index (κ3) is 2.83. The van der Waals surface area contributed by atoms with Crippen molar-refractivity contribution in [3.8, 4) is 0 Å². The highest BCUT2D eigenvalue weighted by molar-refractivity contribution is 6.05. The zero-order valence-corrected chi connectivity index (χ0v) is 12.9. The number of carbonyl (C=O) groups is 1. The quantitative estimate of drug-likeness (QED) is 0.831. The topological polar surface area (TPSA) is 45.1 Å². The van der Waals surface area contributed by atoms with Crippen molar-refractivity contribution in [2.24, 2.45) is 5.16 Å². The molecule has 1 aromatic carbocycles. The van der Waals surface area contributed by atoms with Crippen LogP contribution in [0.3, 0.4) is 0 Å². The highest BCUT2D eigenvalue weighted by Gasteiger charge is 2.45. The molecule has 1 amide bonds. The van der Waals surface area contributed by atoms with Gasteiger partial charge in [-0.15, -0.1) is 0 Å². The number of hydrogen-bond acceptors (Lipinski definition) is 4. The van der Waals surface area contributed by atoms with E-state index < -0.39 is 5.60 Å². The average molecular weight is 305 g/mol. The summed E-state index contributed by atoms with van der Waals surface area (Å²) in [6, 6.07) is 6.08. The Morgan fingerprint density at radius 2 is 1.86 bits per heavy atom. The van der Waals surface area contributed by atoms with Crippen LogP contribution in [-0.4, -0.2) is 60.2 Å². The van der Waals surface area contributed by atoms with Crippen molar-refractivity contribution in [2.45, 2.75) is 18.9 Å². The molecule has 2 aliphatic heterocycles. The number of oxime groups is 1. The molecule has 0 spiro atoms. The normalized spacial score (nSPS) is 25.8. The highest BCUT2D eigenvalue weighted by atomic mass is 19.1. The van der Waals surface area contributed by atoms with Crippen LogP contribution >= 0.6 is 0 Å². The van der Waals surface area contributed by atoms with Crippen LogP contribution in [0.4, 0.5) is 4.39 Å². The van der Waals surface area contributed by atoms with Crippen LogP contribution in [0.2, 0.25) is 0 Å². The third-order valence-electron chi connectivity index (χ3n) is 4.28. The highest BCUT2D eigenvalue weighted by Crippen LogP contribution is 2.29. The van der Waals surface area contributed by atoms with Crippen molar-refractivity contribution in [1.82, 2.24) is 9.80 Å². The number of hydrogen-bond donors (Lipinski definition) is 0. The lowest BCUT2D eigenvalue weighted by molar-refractivity contribution is -0.154. The Morgan fingerprint density at radius 3 is 2.50 bits per heavy atom. The Hall–Kier alpha value is -1.95. The van der Waals surface area contributed by atoms with Crippen molar-refractivity contribution in [2.75, 3.05) is 33.2 Å². The van der Waals surface area contributed by atoms with Gasteiger partial charge in [-0.2, -0.15) is 0 Å². The number of nitrogens with zero attached hydrogens (tertiary/aromatic N) is 3. The van der Waals surface area contributed by atoms with Gasteiger partial charge >= 0.3 is 0 Å². The lowest BCUT2D eigenvalue weighted by Gasteiger charge is -2.36. The third-order valence-corrected chi connectivity index (χ3v) is 4.28. The predicted molar refractivity (Wildman–Crippen MR) is 81.1 cm³/mol. The van der Waals surface area contributed by atoms with Gasteiger partial charge in [0.05, 0.1) is 5.71 Å². The van der Waals surface area contributed by atoms with Crippen molar-refractivity contribution < 1.29 is 14.0 Å². The summed E-state index contributed by atoms with van der Waals surface area (Å²) in [6.45, 7) is 4.93. The molecule has 5 nitrogen and oxygen atoms in total. The maximum Gasteiger partial charge on any atom is 0.269 e. The number of halogens is 1. The van der Waals surface area contributed by atoms with E-state index >= 15 is 0 Å². The van der Waals surface area contributed by atoms with E-state index in [0.717, 1.165) is 18.7 Å². The van der Waals surface area contributed by atoms with Crippen LogP contribution in [0, 0.1) is 5.82 Å². The van der Waals surface area contributed by atoms with E-state index in [4.69, 9.17) is 4.84 Å². The van der Waals surface area contributed by atoms with Gasteiger partial charge < -0.3 is 14.6 Å². The van der Waals surface area contributed by atoms with Crippen LogP contribution in [0.5, 0.6) is 0 Å². The predicted octanol–water partition coefficient (Wildman–Crippen LogP) is 1.48. The van der Waals surface area contributed by atoms with Gasteiger partial charge in [0.2, 0.25) is 5.60 Å². The lowest BCUT2D eigenvalue weighted by Crippen LogP contribution is -2.54. The Labute approximate surface area is 129 Å². The average Bonchev–Trinajstić information content (AvgIpc) is 2.92. The van der Waals surface area contributed by atoms with E-state index in [2.05, 4.69) is 10.1 Å². The molecule has 0 N–H and O–H groups in total. The van der Waals surface area contributed by atoms with Crippen LogP contribution in [0.25, 0.3) is 0 Å². The minimum absolute atomic E-state index is 0.0264. The molecular weight excluding hydrogens is 285 g/mol. The van der Waals surface area contributed by atoms with Gasteiger partial charge in [0.25, 0.3) is 5.91 Å². The molecule has 1 aromatic rings. The van der Waals surface area contributed by atoms with E-state index in [0.29, 0.717) is 25.2 Å². The van der Waals surface area contributed by atoms with E-state index in [1.807, 2.05) is 11.9 Å². The fourth-order valence-electron chi connectivity index (χ4n) is 2.80. The summed E-state index contributed by atoms with van der Waals surface area (Å²) < 4.78 is 13.0. The van der Waals surface area contributed by atoms with E-state index in [1.165, 1.54) is 12.1 Å². The summed E-state index contributed by atoms with van der Waals surface area (Å²) in [5.41, 5.74) is 0.515. The van der Waals surface area contributed by atoms with Gasteiger partial charge in [-0.25, -0.2) is 4.39 Å². The lowest BCUT2D eigenvalue weighted by atomic mass is 9.94. The van der Waals surface area contributed by atoms with Gasteiger partial charge in [-0.1, -0.05) is 17.3 Å². The summed E-state index contributed by atoms with van der Waals surface area (Å²) >= 11 is 0. The number of amides is 1. The van der Waals surface area contributed by atoms with Crippen molar-refractivity contribution >= 4 is 11.6 Å². The zero-order chi connectivity index (χ0) is 15.7. The second-order valence-electron chi connectivity index (χ2n) is 6.14. The van der Waals surface area contributed by atoms with Crippen LogP contribution in [-0.2, 0) is 9.63 Å². The van der Waals surface area contributed by atoms with E-state index in [1.54, 1.807) is 19.1 Å². The molecule has 0 aromatic heterocycles. The first kappa shape index (κ1) is 15.0.